The SMILES string of the molecule is CC(=O)c1c(Br)cc2c(c1Br)OCC21COc2c1cc(Br)c(C(C)=O)c2Br. The van der Waals surface area contributed by atoms with Crippen molar-refractivity contribution in [2.24, 2.45) is 0 Å². The summed E-state index contributed by atoms with van der Waals surface area (Å²) < 4.78 is 14.8. The minimum atomic E-state index is -0.509. The van der Waals surface area contributed by atoms with E-state index in [1.807, 2.05) is 12.1 Å². The lowest BCUT2D eigenvalue weighted by molar-refractivity contribution is 0.100. The Kier molecular flexibility index (Phi) is 4.85. The van der Waals surface area contributed by atoms with Crippen molar-refractivity contribution in [1.29, 1.82) is 0 Å². The summed E-state index contributed by atoms with van der Waals surface area (Å²) in [5.41, 5.74) is 2.49. The zero-order valence-electron chi connectivity index (χ0n) is 14.2. The molecule has 2 aromatic carbocycles. The first-order valence-corrected chi connectivity index (χ1v) is 11.2. The zero-order valence-corrected chi connectivity index (χ0v) is 20.6. The standard InChI is InChI=1S/C19H12Br4O4/c1-7(24)13-11(20)3-9-17(15(13)22)26-5-19(9)6-27-18-10(19)4-12(21)14(8(2)25)16(18)23/h3-4H,5-6H2,1-2H3. The molecule has 27 heavy (non-hydrogen) atoms. The van der Waals surface area contributed by atoms with Gasteiger partial charge in [0.2, 0.25) is 0 Å². The number of carbonyl (C=O) groups is 2. The summed E-state index contributed by atoms with van der Waals surface area (Å²) in [6.45, 7) is 3.82. The van der Waals surface area contributed by atoms with Crippen molar-refractivity contribution >= 4 is 75.3 Å². The van der Waals surface area contributed by atoms with Crippen LogP contribution in [0, 0.1) is 0 Å². The Balaban J connectivity index is 1.98. The molecule has 0 amide bonds. The molecule has 2 aromatic rings. The van der Waals surface area contributed by atoms with Gasteiger partial charge in [0.15, 0.2) is 11.6 Å². The van der Waals surface area contributed by atoms with Crippen LogP contribution in [0.5, 0.6) is 11.5 Å². The molecule has 0 fully saturated rings. The van der Waals surface area contributed by atoms with E-state index in [4.69, 9.17) is 9.47 Å². The summed E-state index contributed by atoms with van der Waals surface area (Å²) in [5, 5.41) is 0. The van der Waals surface area contributed by atoms with E-state index in [1.54, 1.807) is 0 Å². The second-order valence-corrected chi connectivity index (χ2v) is 9.91. The van der Waals surface area contributed by atoms with Gasteiger partial charge in [0.1, 0.15) is 24.7 Å². The number of hydrogen-bond donors (Lipinski definition) is 0. The molecule has 0 atom stereocenters. The number of benzene rings is 2. The lowest BCUT2D eigenvalue weighted by Gasteiger charge is -2.22. The minimum absolute atomic E-state index is 0.0549. The molecule has 0 bridgehead atoms. The number of rotatable bonds is 2. The lowest BCUT2D eigenvalue weighted by Crippen LogP contribution is -2.31. The maximum Gasteiger partial charge on any atom is 0.162 e. The van der Waals surface area contributed by atoms with Crippen LogP contribution >= 0.6 is 63.7 Å². The summed E-state index contributed by atoms with van der Waals surface area (Å²) in [6, 6.07) is 3.87. The van der Waals surface area contributed by atoms with Gasteiger partial charge in [-0.15, -0.1) is 0 Å². The van der Waals surface area contributed by atoms with Gasteiger partial charge >= 0.3 is 0 Å². The van der Waals surface area contributed by atoms with Crippen LogP contribution in [0.1, 0.15) is 45.7 Å². The first kappa shape index (κ1) is 19.6. The highest BCUT2D eigenvalue weighted by Crippen LogP contribution is 2.56. The van der Waals surface area contributed by atoms with Gasteiger partial charge < -0.3 is 9.47 Å². The highest BCUT2D eigenvalue weighted by atomic mass is 79.9. The van der Waals surface area contributed by atoms with Gasteiger partial charge in [0.05, 0.1) is 14.4 Å². The Hall–Kier alpha value is -0.700. The van der Waals surface area contributed by atoms with Gasteiger partial charge in [-0.05, 0) is 89.7 Å². The Morgan fingerprint density at radius 1 is 0.815 bits per heavy atom. The predicted molar refractivity (Wildman–Crippen MR) is 115 cm³/mol. The minimum Gasteiger partial charge on any atom is -0.491 e. The first-order valence-electron chi connectivity index (χ1n) is 8.01. The average molecular weight is 624 g/mol. The molecule has 0 saturated carbocycles. The van der Waals surface area contributed by atoms with E-state index in [0.717, 1.165) is 11.1 Å². The molecule has 0 aliphatic carbocycles. The summed E-state index contributed by atoms with van der Waals surface area (Å²) in [6.07, 6.45) is 0. The van der Waals surface area contributed by atoms with Crippen molar-refractivity contribution in [2.45, 2.75) is 19.3 Å². The van der Waals surface area contributed by atoms with Crippen molar-refractivity contribution in [3.05, 3.63) is 52.3 Å². The molecule has 0 saturated heterocycles. The fourth-order valence-electron chi connectivity index (χ4n) is 3.73. The third-order valence-electron chi connectivity index (χ3n) is 5.01. The molecule has 0 radical (unpaired) electrons. The Labute approximate surface area is 189 Å². The van der Waals surface area contributed by atoms with E-state index < -0.39 is 5.41 Å². The molecule has 2 aliphatic heterocycles. The Morgan fingerprint density at radius 2 is 1.19 bits per heavy atom. The van der Waals surface area contributed by atoms with Gasteiger partial charge in [-0.2, -0.15) is 0 Å². The fraction of sp³-hybridized carbons (Fsp3) is 0.263. The molecule has 140 valence electrons. The van der Waals surface area contributed by atoms with Gasteiger partial charge in [0.25, 0.3) is 0 Å². The Bertz CT molecular complexity index is 961. The van der Waals surface area contributed by atoms with E-state index >= 15 is 0 Å². The van der Waals surface area contributed by atoms with Gasteiger partial charge in [-0.25, -0.2) is 0 Å². The van der Waals surface area contributed by atoms with Crippen LogP contribution in [-0.4, -0.2) is 24.8 Å². The van der Waals surface area contributed by atoms with Crippen molar-refractivity contribution in [1.82, 2.24) is 0 Å². The van der Waals surface area contributed by atoms with E-state index in [9.17, 15) is 9.59 Å². The Morgan fingerprint density at radius 3 is 1.52 bits per heavy atom. The summed E-state index contributed by atoms with van der Waals surface area (Å²) in [4.78, 5) is 24.0. The second-order valence-electron chi connectivity index (χ2n) is 6.62. The molecule has 0 N–H and O–H groups in total. The van der Waals surface area contributed by atoms with Crippen molar-refractivity contribution in [3.63, 3.8) is 0 Å². The molecule has 8 heteroatoms. The van der Waals surface area contributed by atoms with Gasteiger partial charge in [-0.3, -0.25) is 9.59 Å². The maximum absolute atomic E-state index is 12.0. The third-order valence-corrected chi connectivity index (χ3v) is 7.77. The van der Waals surface area contributed by atoms with Crippen LogP contribution in [0.2, 0.25) is 0 Å². The molecule has 4 nitrogen and oxygen atoms in total. The molecular formula is C19H12Br4O4. The number of ketones is 2. The van der Waals surface area contributed by atoms with E-state index in [-0.39, 0.29) is 11.6 Å². The number of halogens is 4. The first-order chi connectivity index (χ1) is 12.7. The summed E-state index contributed by atoms with van der Waals surface area (Å²) in [5.74, 6) is 1.20. The van der Waals surface area contributed by atoms with Gasteiger partial charge in [0, 0.05) is 31.2 Å². The van der Waals surface area contributed by atoms with Crippen molar-refractivity contribution in [3.8, 4) is 11.5 Å². The molecule has 1 spiro atoms. The molecular weight excluding hydrogens is 612 g/mol. The average Bonchev–Trinajstić information content (AvgIpc) is 3.10. The lowest BCUT2D eigenvalue weighted by atomic mass is 9.77. The monoisotopic (exact) mass is 620 g/mol. The van der Waals surface area contributed by atoms with E-state index in [0.29, 0.717) is 53.7 Å². The van der Waals surface area contributed by atoms with E-state index in [1.165, 1.54) is 13.8 Å². The highest BCUT2D eigenvalue weighted by Gasteiger charge is 2.51. The third kappa shape index (κ3) is 2.70. The topological polar surface area (TPSA) is 52.6 Å². The van der Waals surface area contributed by atoms with Crippen LogP contribution < -0.4 is 9.47 Å². The highest BCUT2D eigenvalue weighted by molar-refractivity contribution is 9.11. The number of fused-ring (bicyclic) bond motifs is 4. The maximum atomic E-state index is 12.0. The van der Waals surface area contributed by atoms with Crippen LogP contribution in [0.3, 0.4) is 0 Å². The number of carbonyl (C=O) groups excluding carboxylic acids is 2. The van der Waals surface area contributed by atoms with Crippen molar-refractivity contribution in [2.75, 3.05) is 13.2 Å². The van der Waals surface area contributed by atoms with Crippen molar-refractivity contribution < 1.29 is 19.1 Å². The van der Waals surface area contributed by atoms with Crippen LogP contribution in [0.25, 0.3) is 0 Å². The quantitative estimate of drug-likeness (QED) is 0.373. The second kappa shape index (κ2) is 6.68. The predicted octanol–water partition coefficient (Wildman–Crippen LogP) is 6.21. The molecule has 2 heterocycles. The molecule has 0 unspecified atom stereocenters. The van der Waals surface area contributed by atoms with Gasteiger partial charge in [-0.1, -0.05) is 0 Å². The van der Waals surface area contributed by atoms with Crippen LogP contribution in [0.4, 0.5) is 0 Å². The van der Waals surface area contributed by atoms with Crippen LogP contribution in [-0.2, 0) is 5.41 Å². The number of ether oxygens (including phenoxy) is 2. The fourth-order valence-corrected chi connectivity index (χ4v) is 7.32. The zero-order chi connectivity index (χ0) is 19.7. The van der Waals surface area contributed by atoms with Crippen LogP contribution in [0.15, 0.2) is 30.0 Å². The van der Waals surface area contributed by atoms with E-state index in [2.05, 4.69) is 63.7 Å². The summed E-state index contributed by atoms with van der Waals surface area (Å²) in [7, 11) is 0. The normalized spacial score (nSPS) is 15.9. The summed E-state index contributed by atoms with van der Waals surface area (Å²) >= 11 is 14.1. The molecule has 2 aliphatic rings. The smallest absolute Gasteiger partial charge is 0.162 e. The largest absolute Gasteiger partial charge is 0.491 e. The molecule has 0 aromatic heterocycles. The number of hydrogen-bond acceptors (Lipinski definition) is 4. The number of Topliss-reactive ketones (excluding diaryl/α,β-unsaturated/α-hetero) is 2. The molecule has 4 rings (SSSR count).